The third-order valence-corrected chi connectivity index (χ3v) is 3.16. The van der Waals surface area contributed by atoms with Crippen molar-refractivity contribution in [3.05, 3.63) is 29.8 Å². The Kier molecular flexibility index (Phi) is 3.49. The summed E-state index contributed by atoms with van der Waals surface area (Å²) in [6.45, 7) is 5.35. The van der Waals surface area contributed by atoms with Crippen molar-refractivity contribution < 1.29 is 4.74 Å². The highest BCUT2D eigenvalue weighted by Gasteiger charge is 2.25. The van der Waals surface area contributed by atoms with Gasteiger partial charge in [0, 0.05) is 11.6 Å². The molecule has 0 unspecified atom stereocenters. The van der Waals surface area contributed by atoms with E-state index >= 15 is 0 Å². The number of ether oxygens (including phenoxy) is 1. The van der Waals surface area contributed by atoms with Gasteiger partial charge in [-0.1, -0.05) is 18.2 Å². The molecule has 0 aromatic heterocycles. The minimum Gasteiger partial charge on any atom is -0.491 e. The largest absolute Gasteiger partial charge is 0.491 e. The molecule has 0 N–H and O–H groups in total. The molecule has 0 radical (unpaired) electrons. The summed E-state index contributed by atoms with van der Waals surface area (Å²) < 4.78 is 5.88. The summed E-state index contributed by atoms with van der Waals surface area (Å²) in [5.41, 5.74) is 1.34. The van der Waals surface area contributed by atoms with Gasteiger partial charge in [-0.3, -0.25) is 4.90 Å². The molecule has 1 aliphatic heterocycles. The second-order valence-corrected chi connectivity index (χ2v) is 4.84. The van der Waals surface area contributed by atoms with E-state index in [1.807, 2.05) is 0 Å². The summed E-state index contributed by atoms with van der Waals surface area (Å²) in [4.78, 5) is 2.42. The summed E-state index contributed by atoms with van der Waals surface area (Å²) in [5.74, 6) is 1.05. The Morgan fingerprint density at radius 1 is 1.31 bits per heavy atom. The predicted octanol–water partition coefficient (Wildman–Crippen LogP) is 3.24. The van der Waals surface area contributed by atoms with Crippen LogP contribution in [-0.4, -0.2) is 24.6 Å². The number of nitrogens with zero attached hydrogens (tertiary/aromatic N) is 1. The molecule has 0 aliphatic carbocycles. The molecule has 1 fully saturated rings. The van der Waals surface area contributed by atoms with Gasteiger partial charge in [-0.2, -0.15) is 0 Å². The van der Waals surface area contributed by atoms with Gasteiger partial charge in [-0.25, -0.2) is 0 Å². The maximum Gasteiger partial charge on any atom is 0.124 e. The van der Waals surface area contributed by atoms with Crippen molar-refractivity contribution in [2.75, 3.05) is 13.6 Å². The molecule has 2 heteroatoms. The highest BCUT2D eigenvalue weighted by Crippen LogP contribution is 2.35. The number of hydrogen-bond donors (Lipinski definition) is 0. The molecule has 1 saturated heterocycles. The van der Waals surface area contributed by atoms with Crippen LogP contribution in [-0.2, 0) is 0 Å². The molecule has 2 rings (SSSR count). The van der Waals surface area contributed by atoms with Crippen LogP contribution in [0.2, 0.25) is 0 Å². The van der Waals surface area contributed by atoms with Crippen molar-refractivity contribution in [3.63, 3.8) is 0 Å². The van der Waals surface area contributed by atoms with Gasteiger partial charge in [0.1, 0.15) is 5.75 Å². The maximum absolute atomic E-state index is 5.88. The average molecular weight is 219 g/mol. The van der Waals surface area contributed by atoms with E-state index in [-0.39, 0.29) is 6.10 Å². The van der Waals surface area contributed by atoms with E-state index in [1.165, 1.54) is 24.9 Å². The molecule has 1 heterocycles. The second-order valence-electron chi connectivity index (χ2n) is 4.84. The molecular weight excluding hydrogens is 198 g/mol. The third-order valence-electron chi connectivity index (χ3n) is 3.16. The van der Waals surface area contributed by atoms with Crippen molar-refractivity contribution >= 4 is 0 Å². The lowest BCUT2D eigenvalue weighted by Crippen LogP contribution is -2.19. The first-order chi connectivity index (χ1) is 7.68. The molecule has 2 nitrogen and oxygen atoms in total. The van der Waals surface area contributed by atoms with Crippen LogP contribution in [0.1, 0.15) is 38.3 Å². The fourth-order valence-corrected chi connectivity index (χ4v) is 2.42. The zero-order valence-corrected chi connectivity index (χ0v) is 10.4. The lowest BCUT2D eigenvalue weighted by molar-refractivity contribution is 0.230. The molecule has 0 bridgehead atoms. The zero-order chi connectivity index (χ0) is 11.5. The van der Waals surface area contributed by atoms with E-state index in [0.717, 1.165) is 5.75 Å². The molecule has 0 saturated carbocycles. The smallest absolute Gasteiger partial charge is 0.124 e. The first-order valence-corrected chi connectivity index (χ1v) is 6.14. The Labute approximate surface area is 98.2 Å². The van der Waals surface area contributed by atoms with Crippen molar-refractivity contribution in [1.29, 1.82) is 0 Å². The van der Waals surface area contributed by atoms with Gasteiger partial charge in [0.25, 0.3) is 0 Å². The van der Waals surface area contributed by atoms with Crippen LogP contribution in [0.25, 0.3) is 0 Å². The summed E-state index contributed by atoms with van der Waals surface area (Å²) in [7, 11) is 2.20. The first kappa shape index (κ1) is 11.5. The Morgan fingerprint density at radius 3 is 2.69 bits per heavy atom. The fourth-order valence-electron chi connectivity index (χ4n) is 2.42. The first-order valence-electron chi connectivity index (χ1n) is 6.14. The standard InChI is InChI=1S/C14H21NO/c1-11(2)16-14-9-5-4-7-12(14)13-8-6-10-15(13)3/h4-5,7,9,11,13H,6,8,10H2,1-3H3/t13-/m0/s1. The summed E-state index contributed by atoms with van der Waals surface area (Å²) in [6.07, 6.45) is 2.78. The highest BCUT2D eigenvalue weighted by molar-refractivity contribution is 5.36. The van der Waals surface area contributed by atoms with Crippen molar-refractivity contribution in [1.82, 2.24) is 4.90 Å². The molecule has 1 aromatic rings. The predicted molar refractivity (Wildman–Crippen MR) is 66.8 cm³/mol. The quantitative estimate of drug-likeness (QED) is 0.773. The molecule has 1 atom stereocenters. The van der Waals surface area contributed by atoms with Crippen molar-refractivity contribution in [2.45, 2.75) is 38.8 Å². The van der Waals surface area contributed by atoms with Gasteiger partial charge in [0.15, 0.2) is 0 Å². The zero-order valence-electron chi connectivity index (χ0n) is 10.4. The molecule has 88 valence electrons. The average Bonchev–Trinajstić information content (AvgIpc) is 2.64. The van der Waals surface area contributed by atoms with E-state index in [2.05, 4.69) is 50.1 Å². The van der Waals surface area contributed by atoms with Gasteiger partial charge in [0.05, 0.1) is 6.10 Å². The molecule has 0 amide bonds. The fraction of sp³-hybridized carbons (Fsp3) is 0.571. The number of para-hydroxylation sites is 1. The van der Waals surface area contributed by atoms with Crippen LogP contribution < -0.4 is 4.74 Å². The number of rotatable bonds is 3. The van der Waals surface area contributed by atoms with Gasteiger partial charge in [-0.05, 0) is 46.3 Å². The highest BCUT2D eigenvalue weighted by atomic mass is 16.5. The lowest BCUT2D eigenvalue weighted by atomic mass is 10.0. The van der Waals surface area contributed by atoms with Crippen LogP contribution in [0.15, 0.2) is 24.3 Å². The lowest BCUT2D eigenvalue weighted by Gasteiger charge is -2.23. The van der Waals surface area contributed by atoms with E-state index in [0.29, 0.717) is 6.04 Å². The molecule has 1 aromatic carbocycles. The van der Waals surface area contributed by atoms with Crippen LogP contribution in [0.4, 0.5) is 0 Å². The summed E-state index contributed by atoms with van der Waals surface area (Å²) in [5, 5.41) is 0. The van der Waals surface area contributed by atoms with Crippen LogP contribution in [0.3, 0.4) is 0 Å². The number of hydrogen-bond acceptors (Lipinski definition) is 2. The Hall–Kier alpha value is -1.02. The molecule has 0 spiro atoms. The monoisotopic (exact) mass is 219 g/mol. The number of benzene rings is 1. The Bertz CT molecular complexity index is 348. The van der Waals surface area contributed by atoms with E-state index in [4.69, 9.17) is 4.74 Å². The molecular formula is C14H21NO. The van der Waals surface area contributed by atoms with E-state index in [9.17, 15) is 0 Å². The van der Waals surface area contributed by atoms with Crippen molar-refractivity contribution in [3.8, 4) is 5.75 Å². The van der Waals surface area contributed by atoms with Crippen molar-refractivity contribution in [2.24, 2.45) is 0 Å². The van der Waals surface area contributed by atoms with E-state index in [1.54, 1.807) is 0 Å². The van der Waals surface area contributed by atoms with Gasteiger partial charge in [-0.15, -0.1) is 0 Å². The van der Waals surface area contributed by atoms with Crippen LogP contribution >= 0.6 is 0 Å². The summed E-state index contributed by atoms with van der Waals surface area (Å²) in [6, 6.07) is 8.98. The normalized spacial score (nSPS) is 21.6. The summed E-state index contributed by atoms with van der Waals surface area (Å²) >= 11 is 0. The van der Waals surface area contributed by atoms with Gasteiger partial charge >= 0.3 is 0 Å². The van der Waals surface area contributed by atoms with Crippen LogP contribution in [0, 0.1) is 0 Å². The minimum absolute atomic E-state index is 0.243. The molecule has 16 heavy (non-hydrogen) atoms. The SMILES string of the molecule is CC(C)Oc1ccccc1[C@@H]1CCCN1C. The molecule has 1 aliphatic rings. The third kappa shape index (κ3) is 2.38. The Balaban J connectivity index is 2.25. The van der Waals surface area contributed by atoms with Gasteiger partial charge in [0.2, 0.25) is 0 Å². The Morgan fingerprint density at radius 2 is 2.06 bits per heavy atom. The maximum atomic E-state index is 5.88. The van der Waals surface area contributed by atoms with E-state index < -0.39 is 0 Å². The second kappa shape index (κ2) is 4.88. The number of likely N-dealkylation sites (tertiary alicyclic amines) is 1. The van der Waals surface area contributed by atoms with Gasteiger partial charge < -0.3 is 4.74 Å². The topological polar surface area (TPSA) is 12.5 Å². The van der Waals surface area contributed by atoms with Crippen LogP contribution in [0.5, 0.6) is 5.75 Å². The minimum atomic E-state index is 0.243.